The van der Waals surface area contributed by atoms with Gasteiger partial charge in [0.2, 0.25) is 0 Å². The molecule has 1 saturated heterocycles. The van der Waals surface area contributed by atoms with Gasteiger partial charge in [-0.3, -0.25) is 4.90 Å². The molecule has 0 radical (unpaired) electrons. The van der Waals surface area contributed by atoms with Crippen molar-refractivity contribution in [2.45, 2.75) is 12.3 Å². The summed E-state index contributed by atoms with van der Waals surface area (Å²) < 4.78 is 5.33. The van der Waals surface area contributed by atoms with E-state index in [-0.39, 0.29) is 0 Å². The van der Waals surface area contributed by atoms with E-state index in [4.69, 9.17) is 4.74 Å². The monoisotopic (exact) mass is 223 g/mol. The van der Waals surface area contributed by atoms with Crippen LogP contribution in [0.1, 0.15) is 11.1 Å². The van der Waals surface area contributed by atoms with Gasteiger partial charge in [-0.05, 0) is 11.1 Å². The number of benzene rings is 1. The molecule has 0 atom stereocenters. The Bertz CT molecular complexity index is 310. The maximum Gasteiger partial charge on any atom is 0.0594 e. The first kappa shape index (κ1) is 11.0. The van der Waals surface area contributed by atoms with Crippen molar-refractivity contribution in [1.29, 1.82) is 0 Å². The third-order valence-corrected chi connectivity index (χ3v) is 3.05. The molecule has 3 heteroatoms. The SMILES string of the molecule is SCc1cccc(CN2CCOCC2)c1. The van der Waals surface area contributed by atoms with Crippen LogP contribution in [0, 0.1) is 0 Å². The van der Waals surface area contributed by atoms with Gasteiger partial charge in [0.25, 0.3) is 0 Å². The Hall–Kier alpha value is -0.510. The van der Waals surface area contributed by atoms with E-state index < -0.39 is 0 Å². The van der Waals surface area contributed by atoms with Crippen molar-refractivity contribution < 1.29 is 4.74 Å². The minimum Gasteiger partial charge on any atom is -0.379 e. The van der Waals surface area contributed by atoms with E-state index in [1.165, 1.54) is 11.1 Å². The number of hydrogen-bond acceptors (Lipinski definition) is 3. The Labute approximate surface area is 96.6 Å². The highest BCUT2D eigenvalue weighted by atomic mass is 32.1. The van der Waals surface area contributed by atoms with E-state index in [0.717, 1.165) is 38.6 Å². The maximum absolute atomic E-state index is 5.33. The van der Waals surface area contributed by atoms with Crippen LogP contribution in [-0.2, 0) is 17.0 Å². The topological polar surface area (TPSA) is 12.5 Å². The second-order valence-corrected chi connectivity index (χ2v) is 4.18. The van der Waals surface area contributed by atoms with Gasteiger partial charge in [0.15, 0.2) is 0 Å². The summed E-state index contributed by atoms with van der Waals surface area (Å²) in [5, 5.41) is 0. The molecule has 2 rings (SSSR count). The quantitative estimate of drug-likeness (QED) is 0.786. The summed E-state index contributed by atoms with van der Waals surface area (Å²) >= 11 is 4.29. The van der Waals surface area contributed by atoms with E-state index in [2.05, 4.69) is 41.8 Å². The average Bonchev–Trinajstić information content (AvgIpc) is 2.31. The second kappa shape index (κ2) is 5.54. The van der Waals surface area contributed by atoms with Gasteiger partial charge in [0.1, 0.15) is 0 Å². The largest absolute Gasteiger partial charge is 0.379 e. The zero-order valence-electron chi connectivity index (χ0n) is 8.85. The molecular formula is C12H17NOS. The van der Waals surface area contributed by atoms with Crippen LogP contribution in [0.5, 0.6) is 0 Å². The lowest BCUT2D eigenvalue weighted by Gasteiger charge is -2.26. The van der Waals surface area contributed by atoms with Gasteiger partial charge >= 0.3 is 0 Å². The Morgan fingerprint density at radius 2 is 1.93 bits per heavy atom. The molecule has 0 saturated carbocycles. The normalized spacial score (nSPS) is 17.9. The van der Waals surface area contributed by atoms with Crippen LogP contribution >= 0.6 is 12.6 Å². The van der Waals surface area contributed by atoms with Gasteiger partial charge in [0.05, 0.1) is 13.2 Å². The lowest BCUT2D eigenvalue weighted by atomic mass is 10.1. The standard InChI is InChI=1S/C12H17NOS/c15-10-12-3-1-2-11(8-12)9-13-4-6-14-7-5-13/h1-3,8,15H,4-7,9-10H2. The lowest BCUT2D eigenvalue weighted by Crippen LogP contribution is -2.35. The molecule has 2 nitrogen and oxygen atoms in total. The molecule has 1 aliphatic heterocycles. The molecule has 0 spiro atoms. The summed E-state index contributed by atoms with van der Waals surface area (Å²) in [6.07, 6.45) is 0. The van der Waals surface area contributed by atoms with Crippen LogP contribution in [0.4, 0.5) is 0 Å². The first-order valence-corrected chi connectivity index (χ1v) is 6.00. The van der Waals surface area contributed by atoms with Crippen molar-refractivity contribution in [1.82, 2.24) is 4.90 Å². The molecular weight excluding hydrogens is 206 g/mol. The minimum absolute atomic E-state index is 0.816. The third kappa shape index (κ3) is 3.23. The fourth-order valence-electron chi connectivity index (χ4n) is 1.84. The molecule has 0 bridgehead atoms. The molecule has 82 valence electrons. The third-order valence-electron chi connectivity index (χ3n) is 2.68. The van der Waals surface area contributed by atoms with Gasteiger partial charge in [-0.1, -0.05) is 24.3 Å². The van der Waals surface area contributed by atoms with Crippen molar-refractivity contribution >= 4 is 12.6 Å². The highest BCUT2D eigenvalue weighted by Gasteiger charge is 2.10. The van der Waals surface area contributed by atoms with Crippen LogP contribution in [0.2, 0.25) is 0 Å². The predicted molar refractivity (Wildman–Crippen MR) is 65.2 cm³/mol. The summed E-state index contributed by atoms with van der Waals surface area (Å²) in [6, 6.07) is 8.65. The van der Waals surface area contributed by atoms with Crippen molar-refractivity contribution in [3.63, 3.8) is 0 Å². The Kier molecular flexibility index (Phi) is 4.06. The van der Waals surface area contributed by atoms with Gasteiger partial charge in [0, 0.05) is 25.4 Å². The Morgan fingerprint density at radius 3 is 2.67 bits per heavy atom. The molecule has 0 aromatic heterocycles. The summed E-state index contributed by atoms with van der Waals surface area (Å²) in [5.41, 5.74) is 2.67. The second-order valence-electron chi connectivity index (χ2n) is 3.87. The van der Waals surface area contributed by atoms with Crippen molar-refractivity contribution in [3.05, 3.63) is 35.4 Å². The average molecular weight is 223 g/mol. The lowest BCUT2D eigenvalue weighted by molar-refractivity contribution is 0.0342. The smallest absolute Gasteiger partial charge is 0.0594 e. The minimum atomic E-state index is 0.816. The Morgan fingerprint density at radius 1 is 1.20 bits per heavy atom. The van der Waals surface area contributed by atoms with E-state index in [0.29, 0.717) is 0 Å². The number of ether oxygens (including phenoxy) is 1. The summed E-state index contributed by atoms with van der Waals surface area (Å²) in [4.78, 5) is 2.43. The zero-order chi connectivity index (χ0) is 10.5. The molecule has 0 aliphatic carbocycles. The highest BCUT2D eigenvalue weighted by Crippen LogP contribution is 2.11. The van der Waals surface area contributed by atoms with Crippen molar-refractivity contribution in [2.75, 3.05) is 26.3 Å². The van der Waals surface area contributed by atoms with Crippen molar-refractivity contribution in [3.8, 4) is 0 Å². The van der Waals surface area contributed by atoms with Crippen molar-refractivity contribution in [2.24, 2.45) is 0 Å². The number of rotatable bonds is 3. The molecule has 1 fully saturated rings. The molecule has 1 aliphatic rings. The number of morpholine rings is 1. The zero-order valence-corrected chi connectivity index (χ0v) is 9.75. The summed E-state index contributed by atoms with van der Waals surface area (Å²) in [6.45, 7) is 4.86. The van der Waals surface area contributed by atoms with Gasteiger partial charge in [-0.25, -0.2) is 0 Å². The van der Waals surface area contributed by atoms with E-state index >= 15 is 0 Å². The first-order valence-electron chi connectivity index (χ1n) is 5.37. The van der Waals surface area contributed by atoms with Gasteiger partial charge in [-0.2, -0.15) is 12.6 Å². The summed E-state index contributed by atoms with van der Waals surface area (Å²) in [5.74, 6) is 0.816. The number of nitrogens with zero attached hydrogens (tertiary/aromatic N) is 1. The Balaban J connectivity index is 1.96. The predicted octanol–water partition coefficient (Wildman–Crippen LogP) is 1.95. The van der Waals surface area contributed by atoms with Crippen LogP contribution < -0.4 is 0 Å². The van der Waals surface area contributed by atoms with E-state index in [1.807, 2.05) is 0 Å². The van der Waals surface area contributed by atoms with Gasteiger partial charge < -0.3 is 4.74 Å². The fourth-order valence-corrected chi connectivity index (χ4v) is 2.04. The van der Waals surface area contributed by atoms with Crippen LogP contribution in [0.15, 0.2) is 24.3 Å². The molecule has 0 N–H and O–H groups in total. The molecule has 1 aromatic rings. The molecule has 1 heterocycles. The van der Waals surface area contributed by atoms with Gasteiger partial charge in [-0.15, -0.1) is 0 Å². The number of hydrogen-bond donors (Lipinski definition) is 1. The van der Waals surface area contributed by atoms with E-state index in [1.54, 1.807) is 0 Å². The number of thiol groups is 1. The van der Waals surface area contributed by atoms with Crippen LogP contribution in [0.3, 0.4) is 0 Å². The maximum atomic E-state index is 5.33. The molecule has 15 heavy (non-hydrogen) atoms. The molecule has 1 aromatic carbocycles. The molecule has 0 unspecified atom stereocenters. The molecule has 0 amide bonds. The van der Waals surface area contributed by atoms with Crippen LogP contribution in [-0.4, -0.2) is 31.2 Å². The fraction of sp³-hybridized carbons (Fsp3) is 0.500. The van der Waals surface area contributed by atoms with E-state index in [9.17, 15) is 0 Å². The van der Waals surface area contributed by atoms with Crippen LogP contribution in [0.25, 0.3) is 0 Å². The highest BCUT2D eigenvalue weighted by molar-refractivity contribution is 7.79. The summed E-state index contributed by atoms with van der Waals surface area (Å²) in [7, 11) is 0. The first-order chi connectivity index (χ1) is 7.38.